The zero-order valence-electron chi connectivity index (χ0n) is 10.5. The Labute approximate surface area is 101 Å². The van der Waals surface area contributed by atoms with Crippen LogP contribution in [0.4, 0.5) is 0 Å². The second-order valence-electron chi connectivity index (χ2n) is 4.81. The van der Waals surface area contributed by atoms with Crippen LogP contribution in [0.5, 0.6) is 0 Å². The van der Waals surface area contributed by atoms with Crippen molar-refractivity contribution in [2.24, 2.45) is 0 Å². The van der Waals surface area contributed by atoms with Crippen LogP contribution in [-0.4, -0.2) is 31.3 Å². The van der Waals surface area contributed by atoms with Crippen LogP contribution < -0.4 is 5.32 Å². The van der Waals surface area contributed by atoms with Crippen molar-refractivity contribution in [2.75, 3.05) is 19.8 Å². The summed E-state index contributed by atoms with van der Waals surface area (Å²) in [6.07, 6.45) is -0.0144. The Morgan fingerprint density at radius 1 is 1.59 bits per heavy atom. The van der Waals surface area contributed by atoms with Gasteiger partial charge in [-0.3, -0.25) is 4.79 Å². The molecule has 0 radical (unpaired) electrons. The summed E-state index contributed by atoms with van der Waals surface area (Å²) in [5.74, 6) is -0.395. The molecule has 1 aliphatic rings. The summed E-state index contributed by atoms with van der Waals surface area (Å²) < 4.78 is 10.4. The molecule has 0 aromatic carbocycles. The second kappa shape index (κ2) is 5.69. The molecule has 1 N–H and O–H groups in total. The summed E-state index contributed by atoms with van der Waals surface area (Å²) >= 11 is 0. The molecule has 0 aliphatic carbocycles. The molecule has 17 heavy (non-hydrogen) atoms. The molecule has 1 fully saturated rings. The maximum absolute atomic E-state index is 11.6. The topological polar surface area (TPSA) is 71.4 Å². The van der Waals surface area contributed by atoms with Gasteiger partial charge in [0.2, 0.25) is 0 Å². The Bertz CT molecular complexity index is 353. The van der Waals surface area contributed by atoms with Gasteiger partial charge in [-0.25, -0.2) is 0 Å². The molecule has 0 amide bonds. The summed E-state index contributed by atoms with van der Waals surface area (Å²) in [6, 6.07) is 2.02. The zero-order valence-corrected chi connectivity index (χ0v) is 10.5. The van der Waals surface area contributed by atoms with Crippen LogP contribution in [0.15, 0.2) is 11.3 Å². The van der Waals surface area contributed by atoms with Crippen molar-refractivity contribution in [1.82, 2.24) is 5.32 Å². The molecule has 1 aliphatic heterocycles. The van der Waals surface area contributed by atoms with Gasteiger partial charge in [-0.2, -0.15) is 5.26 Å². The Hall–Kier alpha value is -1.54. The Morgan fingerprint density at radius 2 is 2.29 bits per heavy atom. The lowest BCUT2D eigenvalue weighted by Crippen LogP contribution is -2.30. The molecular weight excluding hydrogens is 220 g/mol. The SMILES string of the molecule is CC(C)(C)OC(=O)C/C(C#N)=C1/COCCN1. The average molecular weight is 238 g/mol. The van der Waals surface area contributed by atoms with E-state index in [0.29, 0.717) is 31.0 Å². The lowest BCUT2D eigenvalue weighted by molar-refractivity contribution is -0.153. The third-order valence-corrected chi connectivity index (χ3v) is 2.07. The summed E-state index contributed by atoms with van der Waals surface area (Å²) in [5.41, 5.74) is 0.544. The highest BCUT2D eigenvalue weighted by Gasteiger charge is 2.19. The minimum atomic E-state index is -0.529. The Kier molecular flexibility index (Phi) is 4.53. The molecule has 0 spiro atoms. The number of ether oxygens (including phenoxy) is 2. The molecule has 0 bridgehead atoms. The van der Waals surface area contributed by atoms with Crippen LogP contribution in [0.3, 0.4) is 0 Å². The fourth-order valence-electron chi connectivity index (χ4n) is 1.43. The number of hydrogen-bond acceptors (Lipinski definition) is 5. The first-order valence-corrected chi connectivity index (χ1v) is 5.58. The van der Waals surface area contributed by atoms with E-state index >= 15 is 0 Å². The predicted molar refractivity (Wildman–Crippen MR) is 61.9 cm³/mol. The van der Waals surface area contributed by atoms with E-state index in [9.17, 15) is 4.79 Å². The van der Waals surface area contributed by atoms with Crippen LogP contribution in [0.2, 0.25) is 0 Å². The summed E-state index contributed by atoms with van der Waals surface area (Å²) in [7, 11) is 0. The van der Waals surface area contributed by atoms with E-state index < -0.39 is 11.6 Å². The molecule has 0 aromatic heterocycles. The van der Waals surface area contributed by atoms with E-state index in [0.717, 1.165) is 0 Å². The largest absolute Gasteiger partial charge is 0.460 e. The average Bonchev–Trinajstić information content (AvgIpc) is 2.24. The summed E-state index contributed by atoms with van der Waals surface area (Å²) in [6.45, 7) is 7.03. The second-order valence-corrected chi connectivity index (χ2v) is 4.81. The van der Waals surface area contributed by atoms with Crippen molar-refractivity contribution in [1.29, 1.82) is 5.26 Å². The molecule has 0 aromatic rings. The monoisotopic (exact) mass is 238 g/mol. The maximum atomic E-state index is 11.6. The highest BCUT2D eigenvalue weighted by molar-refractivity contribution is 5.74. The first-order chi connectivity index (χ1) is 7.92. The summed E-state index contributed by atoms with van der Waals surface area (Å²) in [5, 5.41) is 12.1. The minimum absolute atomic E-state index is 0.0144. The number of carbonyl (C=O) groups is 1. The number of carbonyl (C=O) groups excluding carboxylic acids is 1. The number of esters is 1. The quantitative estimate of drug-likeness (QED) is 0.576. The molecule has 5 nitrogen and oxygen atoms in total. The van der Waals surface area contributed by atoms with Gasteiger partial charge in [0.1, 0.15) is 5.60 Å². The van der Waals surface area contributed by atoms with Gasteiger partial charge >= 0.3 is 5.97 Å². The lowest BCUT2D eigenvalue weighted by Gasteiger charge is -2.21. The predicted octanol–water partition coefficient (Wildman–Crippen LogP) is 1.12. The van der Waals surface area contributed by atoms with E-state index in [4.69, 9.17) is 14.7 Å². The van der Waals surface area contributed by atoms with Gasteiger partial charge in [-0.1, -0.05) is 0 Å². The minimum Gasteiger partial charge on any atom is -0.460 e. The van der Waals surface area contributed by atoms with Gasteiger partial charge in [-0.15, -0.1) is 0 Å². The van der Waals surface area contributed by atoms with Gasteiger partial charge in [0.05, 0.1) is 37.0 Å². The van der Waals surface area contributed by atoms with Crippen molar-refractivity contribution < 1.29 is 14.3 Å². The normalized spacial score (nSPS) is 18.9. The van der Waals surface area contributed by atoms with E-state index in [1.807, 2.05) is 6.07 Å². The Balaban J connectivity index is 2.64. The van der Waals surface area contributed by atoms with Crippen molar-refractivity contribution >= 4 is 5.97 Å². The highest BCUT2D eigenvalue weighted by Crippen LogP contribution is 2.14. The third kappa shape index (κ3) is 4.87. The number of nitriles is 1. The van der Waals surface area contributed by atoms with Crippen molar-refractivity contribution in [3.05, 3.63) is 11.3 Å². The van der Waals surface area contributed by atoms with Crippen LogP contribution >= 0.6 is 0 Å². The maximum Gasteiger partial charge on any atom is 0.311 e. The van der Waals surface area contributed by atoms with Crippen molar-refractivity contribution in [3.63, 3.8) is 0 Å². The van der Waals surface area contributed by atoms with Gasteiger partial charge < -0.3 is 14.8 Å². The molecule has 0 saturated carbocycles. The summed E-state index contributed by atoms with van der Waals surface area (Å²) in [4.78, 5) is 11.6. The van der Waals surface area contributed by atoms with Crippen LogP contribution in [0.1, 0.15) is 27.2 Å². The molecule has 94 valence electrons. The van der Waals surface area contributed by atoms with Gasteiger partial charge in [0.25, 0.3) is 0 Å². The number of nitrogens with one attached hydrogen (secondary N) is 1. The van der Waals surface area contributed by atoms with Gasteiger partial charge in [0.15, 0.2) is 0 Å². The van der Waals surface area contributed by atoms with Gasteiger partial charge in [-0.05, 0) is 20.8 Å². The van der Waals surface area contributed by atoms with Gasteiger partial charge in [0, 0.05) is 6.54 Å². The van der Waals surface area contributed by atoms with Crippen molar-refractivity contribution in [2.45, 2.75) is 32.8 Å². The third-order valence-electron chi connectivity index (χ3n) is 2.07. The molecule has 1 rings (SSSR count). The van der Waals surface area contributed by atoms with Crippen LogP contribution in [-0.2, 0) is 14.3 Å². The first kappa shape index (κ1) is 13.5. The van der Waals surface area contributed by atoms with Crippen LogP contribution in [0, 0.1) is 11.3 Å². The number of rotatable bonds is 2. The van der Waals surface area contributed by atoms with E-state index in [-0.39, 0.29) is 6.42 Å². The molecule has 0 unspecified atom stereocenters. The zero-order chi connectivity index (χ0) is 12.9. The molecule has 5 heteroatoms. The fraction of sp³-hybridized carbons (Fsp3) is 0.667. The number of morpholine rings is 1. The molecule has 0 atom stereocenters. The number of hydrogen-bond donors (Lipinski definition) is 1. The highest BCUT2D eigenvalue weighted by atomic mass is 16.6. The van der Waals surface area contributed by atoms with Crippen molar-refractivity contribution in [3.8, 4) is 6.07 Å². The fourth-order valence-corrected chi connectivity index (χ4v) is 1.43. The first-order valence-electron chi connectivity index (χ1n) is 5.58. The number of nitrogens with zero attached hydrogens (tertiary/aromatic N) is 1. The van der Waals surface area contributed by atoms with E-state index in [1.54, 1.807) is 20.8 Å². The lowest BCUT2D eigenvalue weighted by atomic mass is 10.1. The smallest absolute Gasteiger partial charge is 0.311 e. The van der Waals surface area contributed by atoms with E-state index in [1.165, 1.54) is 0 Å². The molecular formula is C12H18N2O3. The molecule has 1 heterocycles. The Morgan fingerprint density at radius 3 is 2.76 bits per heavy atom. The van der Waals surface area contributed by atoms with E-state index in [2.05, 4.69) is 5.32 Å². The standard InChI is InChI=1S/C12H18N2O3/c1-12(2,3)17-11(15)6-9(7-13)10-8-16-5-4-14-10/h14H,4-6,8H2,1-3H3/b10-9+. The molecule has 1 saturated heterocycles. The van der Waals surface area contributed by atoms with Crippen LogP contribution in [0.25, 0.3) is 0 Å².